The first-order chi connectivity index (χ1) is 11.9. The zero-order chi connectivity index (χ0) is 17.7. The molecule has 3 nitrogen and oxygen atoms in total. The lowest BCUT2D eigenvalue weighted by Crippen LogP contribution is -2.22. The van der Waals surface area contributed by atoms with Gasteiger partial charge in [0.15, 0.2) is 0 Å². The quantitative estimate of drug-likeness (QED) is 0.900. The van der Waals surface area contributed by atoms with E-state index >= 15 is 0 Å². The van der Waals surface area contributed by atoms with E-state index in [1.165, 1.54) is 30.7 Å². The molecule has 1 saturated carbocycles. The van der Waals surface area contributed by atoms with Crippen LogP contribution in [-0.4, -0.2) is 8.42 Å². The van der Waals surface area contributed by atoms with Gasteiger partial charge in [-0.3, -0.25) is 0 Å². The fraction of sp³-hybridized carbons (Fsp3) is 0.200. The third-order valence-corrected chi connectivity index (χ3v) is 6.02. The van der Waals surface area contributed by atoms with Gasteiger partial charge in [-0.15, -0.1) is 0 Å². The van der Waals surface area contributed by atoms with Gasteiger partial charge in [0.2, 0.25) is 10.0 Å². The van der Waals surface area contributed by atoms with Crippen molar-refractivity contribution in [3.63, 3.8) is 0 Å². The largest absolute Gasteiger partial charge is 0.238 e. The highest BCUT2D eigenvalue weighted by Gasteiger charge is 2.38. The van der Waals surface area contributed by atoms with Crippen molar-refractivity contribution in [2.75, 3.05) is 0 Å². The van der Waals surface area contributed by atoms with E-state index in [1.54, 1.807) is 24.3 Å². The molecule has 2 aliphatic carbocycles. The molecule has 4 rings (SSSR count). The maximum atomic E-state index is 13.3. The number of rotatable bonds is 3. The summed E-state index contributed by atoms with van der Waals surface area (Å²) in [5, 5.41) is 5.18. The first-order valence-electron chi connectivity index (χ1n) is 8.22. The van der Waals surface area contributed by atoms with Gasteiger partial charge >= 0.3 is 0 Å². The predicted octanol–water partition coefficient (Wildman–Crippen LogP) is 4.12. The Hall–Kier alpha value is -2.24. The number of nitrogens with two attached hydrogens (primary N) is 1. The van der Waals surface area contributed by atoms with Gasteiger partial charge in [-0.25, -0.2) is 17.9 Å². The second-order valence-electron chi connectivity index (χ2n) is 6.78. The Balaban J connectivity index is 1.77. The molecule has 2 aliphatic rings. The van der Waals surface area contributed by atoms with Crippen molar-refractivity contribution < 1.29 is 12.8 Å². The van der Waals surface area contributed by atoms with Crippen LogP contribution in [0.2, 0.25) is 0 Å². The minimum absolute atomic E-state index is 0.0810. The SMILES string of the molecule is NS(=O)(=O)c1ccc(C2=CC3(C=C2c2ccc(F)cc2)CCC3)cc1. The third-order valence-electron chi connectivity index (χ3n) is 5.09. The first kappa shape index (κ1) is 16.2. The number of sulfonamides is 1. The molecule has 1 fully saturated rings. The van der Waals surface area contributed by atoms with Gasteiger partial charge in [0, 0.05) is 5.41 Å². The van der Waals surface area contributed by atoms with E-state index in [4.69, 9.17) is 5.14 Å². The summed E-state index contributed by atoms with van der Waals surface area (Å²) >= 11 is 0. The zero-order valence-corrected chi connectivity index (χ0v) is 14.4. The molecular formula is C20H18FNO2S. The fourth-order valence-electron chi connectivity index (χ4n) is 3.58. The van der Waals surface area contributed by atoms with Gasteiger partial charge in [-0.05, 0) is 59.4 Å². The van der Waals surface area contributed by atoms with Crippen LogP contribution < -0.4 is 5.14 Å². The average molecular weight is 355 g/mol. The average Bonchev–Trinajstić information content (AvgIpc) is 2.96. The van der Waals surface area contributed by atoms with Crippen LogP contribution in [0.25, 0.3) is 11.1 Å². The Morgan fingerprint density at radius 2 is 1.32 bits per heavy atom. The van der Waals surface area contributed by atoms with Crippen molar-refractivity contribution in [2.24, 2.45) is 10.6 Å². The van der Waals surface area contributed by atoms with Crippen LogP contribution in [0.3, 0.4) is 0 Å². The van der Waals surface area contributed by atoms with Crippen LogP contribution in [-0.2, 0) is 10.0 Å². The molecule has 0 amide bonds. The second kappa shape index (κ2) is 5.64. The van der Waals surface area contributed by atoms with Crippen molar-refractivity contribution in [2.45, 2.75) is 24.2 Å². The molecule has 2 aromatic carbocycles. The Kier molecular flexibility index (Phi) is 3.67. The Labute approximate surface area is 146 Å². The smallest absolute Gasteiger partial charge is 0.225 e. The maximum absolute atomic E-state index is 13.3. The highest BCUT2D eigenvalue weighted by atomic mass is 32.2. The molecule has 2 N–H and O–H groups in total. The summed E-state index contributed by atoms with van der Waals surface area (Å²) in [4.78, 5) is 0.0977. The number of allylic oxidation sites excluding steroid dienone is 4. The Morgan fingerprint density at radius 3 is 1.72 bits per heavy atom. The van der Waals surface area contributed by atoms with Crippen LogP contribution in [0.5, 0.6) is 0 Å². The van der Waals surface area contributed by atoms with Crippen molar-refractivity contribution >= 4 is 21.2 Å². The molecule has 0 atom stereocenters. The molecular weight excluding hydrogens is 337 g/mol. The van der Waals surface area contributed by atoms with Crippen molar-refractivity contribution in [1.29, 1.82) is 0 Å². The minimum Gasteiger partial charge on any atom is -0.225 e. The molecule has 0 aliphatic heterocycles. The highest BCUT2D eigenvalue weighted by molar-refractivity contribution is 7.89. The van der Waals surface area contributed by atoms with Gasteiger partial charge in [0.25, 0.3) is 0 Å². The van der Waals surface area contributed by atoms with Crippen LogP contribution in [0.15, 0.2) is 65.6 Å². The van der Waals surface area contributed by atoms with Gasteiger partial charge in [-0.1, -0.05) is 42.8 Å². The summed E-state index contributed by atoms with van der Waals surface area (Å²) in [7, 11) is -3.71. The number of halogens is 1. The molecule has 1 spiro atoms. The Morgan fingerprint density at radius 1 is 0.840 bits per heavy atom. The number of hydrogen-bond acceptors (Lipinski definition) is 2. The van der Waals surface area contributed by atoms with Crippen LogP contribution in [0.4, 0.5) is 4.39 Å². The zero-order valence-electron chi connectivity index (χ0n) is 13.6. The third kappa shape index (κ3) is 2.94. The number of hydrogen-bond donors (Lipinski definition) is 1. The summed E-state index contributed by atoms with van der Waals surface area (Å²) < 4.78 is 36.2. The standard InChI is InChI=1S/C20H18FNO2S/c21-16-6-2-14(3-7-16)18-12-20(10-1-11-20)13-19(18)15-4-8-17(9-5-15)25(22,23)24/h2-9,12-13H,1,10-11H2,(H2,22,23,24). The molecule has 0 unspecified atom stereocenters. The molecule has 0 heterocycles. The van der Waals surface area contributed by atoms with Crippen LogP contribution >= 0.6 is 0 Å². The lowest BCUT2D eigenvalue weighted by atomic mass is 9.70. The van der Waals surface area contributed by atoms with Crippen molar-refractivity contribution in [1.82, 2.24) is 0 Å². The number of primary sulfonamides is 1. The molecule has 0 radical (unpaired) electrons. The normalized spacial score (nSPS) is 18.6. The Bertz CT molecular complexity index is 983. The molecule has 0 saturated heterocycles. The predicted molar refractivity (Wildman–Crippen MR) is 96.5 cm³/mol. The lowest BCUT2D eigenvalue weighted by Gasteiger charge is -2.34. The molecule has 128 valence electrons. The molecule has 25 heavy (non-hydrogen) atoms. The highest BCUT2D eigenvalue weighted by Crippen LogP contribution is 2.53. The number of benzene rings is 2. The topological polar surface area (TPSA) is 60.2 Å². The van der Waals surface area contributed by atoms with Crippen molar-refractivity contribution in [3.8, 4) is 0 Å². The van der Waals surface area contributed by atoms with Gasteiger partial charge < -0.3 is 0 Å². The summed E-state index contributed by atoms with van der Waals surface area (Å²) in [6.07, 6.45) is 7.95. The van der Waals surface area contributed by atoms with E-state index in [1.807, 2.05) is 0 Å². The van der Waals surface area contributed by atoms with E-state index in [0.29, 0.717) is 0 Å². The fourth-order valence-corrected chi connectivity index (χ4v) is 4.09. The van der Waals surface area contributed by atoms with Crippen LogP contribution in [0.1, 0.15) is 30.4 Å². The van der Waals surface area contributed by atoms with E-state index in [9.17, 15) is 12.8 Å². The van der Waals surface area contributed by atoms with E-state index in [2.05, 4.69) is 12.2 Å². The van der Waals surface area contributed by atoms with E-state index in [0.717, 1.165) is 35.1 Å². The van der Waals surface area contributed by atoms with E-state index in [-0.39, 0.29) is 16.1 Å². The van der Waals surface area contributed by atoms with Gasteiger partial charge in [0.1, 0.15) is 5.82 Å². The minimum atomic E-state index is -3.71. The van der Waals surface area contributed by atoms with Gasteiger partial charge in [0.05, 0.1) is 4.90 Å². The molecule has 0 aromatic heterocycles. The summed E-state index contributed by atoms with van der Waals surface area (Å²) in [5.74, 6) is -0.260. The maximum Gasteiger partial charge on any atom is 0.238 e. The van der Waals surface area contributed by atoms with E-state index < -0.39 is 10.0 Å². The summed E-state index contributed by atoms with van der Waals surface area (Å²) in [6, 6.07) is 13.1. The monoisotopic (exact) mass is 355 g/mol. The molecule has 5 heteroatoms. The molecule has 0 bridgehead atoms. The summed E-state index contributed by atoms with van der Waals surface area (Å²) in [5.41, 5.74) is 4.12. The van der Waals surface area contributed by atoms with Gasteiger partial charge in [-0.2, -0.15) is 0 Å². The van der Waals surface area contributed by atoms with Crippen molar-refractivity contribution in [3.05, 3.63) is 77.6 Å². The first-order valence-corrected chi connectivity index (χ1v) is 9.76. The summed E-state index contributed by atoms with van der Waals surface area (Å²) in [6.45, 7) is 0. The molecule has 2 aromatic rings. The lowest BCUT2D eigenvalue weighted by molar-refractivity contribution is 0.282. The van der Waals surface area contributed by atoms with Crippen LogP contribution in [0, 0.1) is 11.2 Å². The second-order valence-corrected chi connectivity index (χ2v) is 8.34.